The predicted molar refractivity (Wildman–Crippen MR) is 132 cm³/mol. The van der Waals surface area contributed by atoms with E-state index in [4.69, 9.17) is 37.8 Å². The summed E-state index contributed by atoms with van der Waals surface area (Å²) < 4.78 is 13.0. The summed E-state index contributed by atoms with van der Waals surface area (Å²) in [7, 11) is 0. The van der Waals surface area contributed by atoms with Gasteiger partial charge in [-0.3, -0.25) is 4.79 Å². The van der Waals surface area contributed by atoms with Gasteiger partial charge in [-0.1, -0.05) is 29.3 Å². The maximum Gasteiger partial charge on any atom is 0.304 e. The molecule has 2 heterocycles. The van der Waals surface area contributed by atoms with Crippen LogP contribution >= 0.6 is 58.2 Å². The largest absolute Gasteiger partial charge is 0.492 e. The number of carboxylic acid groups (broad SMARTS) is 1. The molecule has 2 aliphatic rings. The van der Waals surface area contributed by atoms with Gasteiger partial charge in [-0.25, -0.2) is 0 Å². The summed E-state index contributed by atoms with van der Waals surface area (Å²) in [4.78, 5) is 13.0. The third-order valence-corrected chi connectivity index (χ3v) is 7.27. The molecule has 0 unspecified atom stereocenters. The van der Waals surface area contributed by atoms with E-state index in [2.05, 4.69) is 33.6 Å². The van der Waals surface area contributed by atoms with Crippen LogP contribution in [0.5, 0.6) is 11.5 Å². The highest BCUT2D eigenvalue weighted by Gasteiger charge is 2.43. The quantitative estimate of drug-likeness (QED) is 0.426. The van der Waals surface area contributed by atoms with Gasteiger partial charge >= 0.3 is 5.97 Å². The lowest BCUT2D eigenvalue weighted by Gasteiger charge is -2.38. The Balaban J connectivity index is 0.00000272. The van der Waals surface area contributed by atoms with Crippen molar-refractivity contribution in [1.82, 2.24) is 4.90 Å². The van der Waals surface area contributed by atoms with Crippen molar-refractivity contribution in [1.29, 1.82) is 0 Å². The molecule has 0 radical (unpaired) electrons. The maximum atomic E-state index is 10.8. The van der Waals surface area contributed by atoms with Crippen molar-refractivity contribution in [3.05, 3.63) is 55.1 Å². The van der Waals surface area contributed by atoms with Crippen LogP contribution < -0.4 is 9.47 Å². The third-order valence-electron chi connectivity index (χ3n) is 5.97. The molecule has 0 aliphatic carbocycles. The van der Waals surface area contributed by atoms with Gasteiger partial charge in [0.05, 0.1) is 13.0 Å². The van der Waals surface area contributed by atoms with E-state index in [1.807, 2.05) is 24.3 Å². The lowest BCUT2D eigenvalue weighted by atomic mass is 9.74. The second-order valence-electron chi connectivity index (χ2n) is 7.85. The lowest BCUT2D eigenvalue weighted by molar-refractivity contribution is -0.137. The number of nitrogens with zero attached hydrogens (tertiary/aromatic N) is 1. The number of fused-ring (bicyclic) bond motifs is 2. The van der Waals surface area contributed by atoms with Crippen LogP contribution in [0.15, 0.2) is 30.3 Å². The number of rotatable bonds is 6. The summed E-state index contributed by atoms with van der Waals surface area (Å²) in [6.07, 6.45) is 2.12. The van der Waals surface area contributed by atoms with Crippen LogP contribution in [0.1, 0.15) is 30.4 Å². The molecule has 4 rings (SSSR count). The van der Waals surface area contributed by atoms with Crippen LogP contribution in [-0.2, 0) is 16.8 Å². The van der Waals surface area contributed by atoms with Gasteiger partial charge in [-0.05, 0) is 66.7 Å². The van der Waals surface area contributed by atoms with Gasteiger partial charge in [0.25, 0.3) is 0 Å². The number of carbonyl (C=O) groups is 1. The predicted octanol–water partition coefficient (Wildman–Crippen LogP) is 5.80. The fourth-order valence-corrected chi connectivity index (χ4v) is 5.77. The van der Waals surface area contributed by atoms with Crippen LogP contribution in [0.2, 0.25) is 10.0 Å². The van der Waals surface area contributed by atoms with Crippen molar-refractivity contribution in [3.8, 4) is 11.5 Å². The van der Waals surface area contributed by atoms with E-state index in [-0.39, 0.29) is 30.8 Å². The summed E-state index contributed by atoms with van der Waals surface area (Å²) >= 11 is 14.8. The summed E-state index contributed by atoms with van der Waals surface area (Å²) in [5, 5.41) is 10.1. The topological polar surface area (TPSA) is 59.0 Å². The third kappa shape index (κ3) is 5.53. The Kier molecular flexibility index (Phi) is 8.24. The van der Waals surface area contributed by atoms with Gasteiger partial charge in [0.2, 0.25) is 0 Å². The Morgan fingerprint density at radius 2 is 1.87 bits per heavy atom. The molecule has 0 bridgehead atoms. The van der Waals surface area contributed by atoms with Gasteiger partial charge in [0.1, 0.15) is 18.1 Å². The number of likely N-dealkylation sites (tertiary alicyclic amines) is 1. The lowest BCUT2D eigenvalue weighted by Crippen LogP contribution is -2.44. The van der Waals surface area contributed by atoms with E-state index in [0.717, 1.165) is 46.6 Å². The minimum absolute atomic E-state index is 0. The number of piperidine rings is 1. The average molecular weight is 599 g/mol. The van der Waals surface area contributed by atoms with Crippen molar-refractivity contribution >= 4 is 64.2 Å². The smallest absolute Gasteiger partial charge is 0.304 e. The molecule has 0 amide bonds. The number of carboxylic acids is 1. The first-order chi connectivity index (χ1) is 14.4. The van der Waals surface area contributed by atoms with Crippen LogP contribution in [0.25, 0.3) is 0 Å². The highest BCUT2D eigenvalue weighted by molar-refractivity contribution is 14.1. The summed E-state index contributed by atoms with van der Waals surface area (Å²) in [6, 6.07) is 9.74. The standard InChI is InChI=1S/C22H22Cl2INO4.ClH/c23-18-9-14(25)10-19(24)16(18)12-29-15-1-2-17-20(11-15)30-13-22(17)4-7-26(8-5-22)6-3-21(27)28;/h1-2,9-11H,3-8,12-13H2,(H,27,28);1H. The molecular weight excluding hydrogens is 576 g/mol. The second-order valence-corrected chi connectivity index (χ2v) is 9.91. The number of ether oxygens (including phenoxy) is 2. The molecule has 9 heteroatoms. The molecule has 0 atom stereocenters. The first-order valence-electron chi connectivity index (χ1n) is 9.84. The van der Waals surface area contributed by atoms with Gasteiger partial charge in [0.15, 0.2) is 0 Å². The number of halogens is 4. The molecule has 168 valence electrons. The Hall–Kier alpha value is -0.930. The number of aliphatic carboxylic acids is 1. The van der Waals surface area contributed by atoms with Crippen LogP contribution in [-0.4, -0.2) is 42.2 Å². The van der Waals surface area contributed by atoms with Gasteiger partial charge in [-0.2, -0.15) is 0 Å². The molecule has 2 aromatic rings. The zero-order valence-electron chi connectivity index (χ0n) is 16.7. The van der Waals surface area contributed by atoms with Crippen molar-refractivity contribution in [2.75, 3.05) is 26.2 Å². The van der Waals surface area contributed by atoms with E-state index in [0.29, 0.717) is 23.2 Å². The van der Waals surface area contributed by atoms with E-state index in [9.17, 15) is 4.79 Å². The molecule has 2 aromatic carbocycles. The monoisotopic (exact) mass is 597 g/mol. The summed E-state index contributed by atoms with van der Waals surface area (Å²) in [5.41, 5.74) is 2.00. The van der Waals surface area contributed by atoms with Crippen LogP contribution in [0.4, 0.5) is 0 Å². The van der Waals surface area contributed by atoms with Crippen LogP contribution in [0.3, 0.4) is 0 Å². The van der Waals surface area contributed by atoms with Gasteiger partial charge in [0, 0.05) is 42.8 Å². The van der Waals surface area contributed by atoms with E-state index >= 15 is 0 Å². The van der Waals surface area contributed by atoms with Crippen molar-refractivity contribution in [2.45, 2.75) is 31.3 Å². The highest BCUT2D eigenvalue weighted by Crippen LogP contribution is 2.46. The number of hydrogen-bond acceptors (Lipinski definition) is 4. The Labute approximate surface area is 211 Å². The average Bonchev–Trinajstić information content (AvgIpc) is 3.04. The fraction of sp³-hybridized carbons (Fsp3) is 0.409. The molecule has 1 spiro atoms. The maximum absolute atomic E-state index is 10.8. The first kappa shape index (κ1) is 24.7. The Morgan fingerprint density at radius 3 is 2.52 bits per heavy atom. The first-order valence-corrected chi connectivity index (χ1v) is 11.7. The van der Waals surface area contributed by atoms with Gasteiger partial charge in [-0.15, -0.1) is 12.4 Å². The number of hydrogen-bond donors (Lipinski definition) is 1. The molecule has 0 aromatic heterocycles. The zero-order valence-corrected chi connectivity index (χ0v) is 21.2. The Morgan fingerprint density at radius 1 is 1.19 bits per heavy atom. The Bertz CT molecular complexity index is 941. The summed E-state index contributed by atoms with van der Waals surface area (Å²) in [6.45, 7) is 3.33. The normalized spacial score (nSPS) is 17.0. The van der Waals surface area contributed by atoms with E-state index < -0.39 is 5.97 Å². The molecule has 1 N–H and O–H groups in total. The van der Waals surface area contributed by atoms with Gasteiger partial charge < -0.3 is 19.5 Å². The molecule has 0 saturated carbocycles. The minimum atomic E-state index is -0.745. The van der Waals surface area contributed by atoms with E-state index in [1.54, 1.807) is 0 Å². The second kappa shape index (κ2) is 10.3. The van der Waals surface area contributed by atoms with Crippen molar-refractivity contribution in [3.63, 3.8) is 0 Å². The molecule has 5 nitrogen and oxygen atoms in total. The van der Waals surface area contributed by atoms with Crippen molar-refractivity contribution in [2.24, 2.45) is 0 Å². The number of benzene rings is 2. The summed E-state index contributed by atoms with van der Waals surface area (Å²) in [5.74, 6) is 0.840. The minimum Gasteiger partial charge on any atom is -0.492 e. The SMILES string of the molecule is Cl.O=C(O)CCN1CCC2(CC1)COc1cc(OCc3c(Cl)cc(I)cc3Cl)ccc12. The molecule has 31 heavy (non-hydrogen) atoms. The fourth-order valence-electron chi connectivity index (χ4n) is 4.18. The molecule has 1 fully saturated rings. The molecule has 1 saturated heterocycles. The molecular formula is C22H23Cl3INO4. The van der Waals surface area contributed by atoms with Crippen molar-refractivity contribution < 1.29 is 19.4 Å². The van der Waals surface area contributed by atoms with E-state index in [1.165, 1.54) is 5.56 Å². The molecule has 2 aliphatic heterocycles. The zero-order chi connectivity index (χ0) is 21.3. The van der Waals surface area contributed by atoms with Crippen LogP contribution in [0, 0.1) is 3.57 Å². The highest BCUT2D eigenvalue weighted by atomic mass is 127.